The molecule has 0 spiro atoms. The van der Waals surface area contributed by atoms with Crippen LogP contribution in [0, 0.1) is 11.3 Å². The van der Waals surface area contributed by atoms with Gasteiger partial charge in [0.2, 0.25) is 0 Å². The van der Waals surface area contributed by atoms with Crippen LogP contribution in [0.1, 0.15) is 12.6 Å². The van der Waals surface area contributed by atoms with Crippen molar-refractivity contribution in [3.63, 3.8) is 0 Å². The van der Waals surface area contributed by atoms with Crippen molar-refractivity contribution in [1.29, 1.82) is 5.26 Å². The zero-order valence-electron chi connectivity index (χ0n) is 9.59. The molecule has 17 heavy (non-hydrogen) atoms. The van der Waals surface area contributed by atoms with E-state index in [0.717, 1.165) is 13.1 Å². The van der Waals surface area contributed by atoms with E-state index in [4.69, 9.17) is 14.7 Å². The van der Waals surface area contributed by atoms with Gasteiger partial charge in [-0.1, -0.05) is 0 Å². The summed E-state index contributed by atoms with van der Waals surface area (Å²) in [6.45, 7) is 4.00. The summed E-state index contributed by atoms with van der Waals surface area (Å²) in [6, 6.07) is 3.69. The Morgan fingerprint density at radius 3 is 3.29 bits per heavy atom. The van der Waals surface area contributed by atoms with Gasteiger partial charge in [-0.15, -0.1) is 0 Å². The average molecular weight is 234 g/mol. The van der Waals surface area contributed by atoms with Gasteiger partial charge in [-0.2, -0.15) is 10.2 Å². The maximum absolute atomic E-state index is 8.68. The fourth-order valence-corrected chi connectivity index (χ4v) is 1.61. The third-order valence-corrected chi connectivity index (χ3v) is 2.37. The van der Waals surface area contributed by atoms with Gasteiger partial charge in [-0.25, -0.2) is 4.98 Å². The molecular weight excluding hydrogens is 220 g/mol. The molecule has 2 atom stereocenters. The maximum atomic E-state index is 8.68. The van der Waals surface area contributed by atoms with E-state index in [0.29, 0.717) is 12.3 Å². The molecule has 0 aliphatic carbocycles. The monoisotopic (exact) mass is 234 g/mol. The fraction of sp³-hybridized carbons (Fsp3) is 0.545. The third kappa shape index (κ3) is 3.37. The molecule has 6 nitrogen and oxygen atoms in total. The second kappa shape index (κ2) is 5.57. The van der Waals surface area contributed by atoms with Crippen molar-refractivity contribution in [2.75, 3.05) is 19.7 Å². The average Bonchev–Trinajstić information content (AvgIpc) is 2.37. The van der Waals surface area contributed by atoms with Crippen molar-refractivity contribution in [2.24, 2.45) is 0 Å². The first-order valence-corrected chi connectivity index (χ1v) is 5.50. The third-order valence-electron chi connectivity index (χ3n) is 2.37. The zero-order valence-corrected chi connectivity index (χ0v) is 9.59. The minimum absolute atomic E-state index is 0.00640. The van der Waals surface area contributed by atoms with E-state index in [1.54, 1.807) is 0 Å². The summed E-state index contributed by atoms with van der Waals surface area (Å²) >= 11 is 0. The highest BCUT2D eigenvalue weighted by Gasteiger charge is 2.19. The van der Waals surface area contributed by atoms with Crippen LogP contribution in [0.3, 0.4) is 0 Å². The number of hydrogen-bond donors (Lipinski definition) is 1. The highest BCUT2D eigenvalue weighted by Crippen LogP contribution is 2.07. The number of nitrogens with zero attached hydrogens (tertiary/aromatic N) is 3. The summed E-state index contributed by atoms with van der Waals surface area (Å²) < 4.78 is 11.1. The molecule has 0 radical (unpaired) electrons. The Morgan fingerprint density at radius 2 is 2.53 bits per heavy atom. The molecule has 0 saturated carbocycles. The molecule has 1 N–H and O–H groups in total. The lowest BCUT2D eigenvalue weighted by Crippen LogP contribution is -2.45. The minimum Gasteiger partial charge on any atom is -0.461 e. The molecule has 6 heteroatoms. The SMILES string of the molecule is CC1CNCC(COc2nccc(C#N)n2)O1. The highest BCUT2D eigenvalue weighted by atomic mass is 16.5. The first kappa shape index (κ1) is 11.8. The van der Waals surface area contributed by atoms with E-state index in [2.05, 4.69) is 15.3 Å². The molecular formula is C11H14N4O2. The van der Waals surface area contributed by atoms with Crippen molar-refractivity contribution < 1.29 is 9.47 Å². The van der Waals surface area contributed by atoms with Crippen molar-refractivity contribution in [3.8, 4) is 12.1 Å². The van der Waals surface area contributed by atoms with E-state index in [9.17, 15) is 0 Å². The summed E-state index contributed by atoms with van der Waals surface area (Å²) in [5, 5.41) is 11.9. The number of ether oxygens (including phenoxy) is 2. The number of rotatable bonds is 3. The van der Waals surface area contributed by atoms with Crippen molar-refractivity contribution in [2.45, 2.75) is 19.1 Å². The van der Waals surface area contributed by atoms with Crippen molar-refractivity contribution in [1.82, 2.24) is 15.3 Å². The standard InChI is InChI=1S/C11H14N4O2/c1-8-5-13-6-10(17-8)7-16-11-14-3-2-9(4-12)15-11/h2-3,8,10,13H,5-7H2,1H3. The number of morpholine rings is 1. The van der Waals surface area contributed by atoms with Crippen LogP contribution in [0.4, 0.5) is 0 Å². The first-order chi connectivity index (χ1) is 8.28. The number of hydrogen-bond acceptors (Lipinski definition) is 6. The molecule has 2 rings (SSSR count). The molecule has 0 aromatic carbocycles. The van der Waals surface area contributed by atoms with Crippen LogP contribution in [0.25, 0.3) is 0 Å². The first-order valence-electron chi connectivity index (χ1n) is 5.50. The van der Waals surface area contributed by atoms with Gasteiger partial charge in [0, 0.05) is 19.3 Å². The van der Waals surface area contributed by atoms with E-state index in [-0.39, 0.29) is 18.2 Å². The molecule has 1 aromatic heterocycles. The quantitative estimate of drug-likeness (QED) is 0.799. The van der Waals surface area contributed by atoms with Gasteiger partial charge >= 0.3 is 6.01 Å². The fourth-order valence-electron chi connectivity index (χ4n) is 1.61. The van der Waals surface area contributed by atoms with Crippen LogP contribution in [-0.2, 0) is 4.74 Å². The molecule has 0 amide bonds. The molecule has 1 aliphatic rings. The number of aromatic nitrogens is 2. The second-order valence-corrected chi connectivity index (χ2v) is 3.87. The second-order valence-electron chi connectivity index (χ2n) is 3.87. The number of nitrogens with one attached hydrogen (secondary N) is 1. The largest absolute Gasteiger partial charge is 0.461 e. The lowest BCUT2D eigenvalue weighted by Gasteiger charge is -2.28. The van der Waals surface area contributed by atoms with E-state index >= 15 is 0 Å². The molecule has 90 valence electrons. The van der Waals surface area contributed by atoms with Crippen molar-refractivity contribution >= 4 is 0 Å². The lowest BCUT2D eigenvalue weighted by molar-refractivity contribution is -0.0483. The van der Waals surface area contributed by atoms with Gasteiger partial charge in [0.1, 0.15) is 24.5 Å². The van der Waals surface area contributed by atoms with E-state index in [1.807, 2.05) is 13.0 Å². The summed E-state index contributed by atoms with van der Waals surface area (Å²) in [5.74, 6) is 0. The van der Waals surface area contributed by atoms with Crippen molar-refractivity contribution in [3.05, 3.63) is 18.0 Å². The molecule has 0 bridgehead atoms. The minimum atomic E-state index is -0.00640. The summed E-state index contributed by atoms with van der Waals surface area (Å²) in [4.78, 5) is 7.85. The molecule has 1 aromatic rings. The summed E-state index contributed by atoms with van der Waals surface area (Å²) in [5.41, 5.74) is 0.297. The zero-order chi connectivity index (χ0) is 12.1. The van der Waals surface area contributed by atoms with Crippen LogP contribution < -0.4 is 10.1 Å². The molecule has 2 heterocycles. The Kier molecular flexibility index (Phi) is 3.85. The van der Waals surface area contributed by atoms with Crippen LogP contribution in [-0.4, -0.2) is 41.9 Å². The van der Waals surface area contributed by atoms with Crippen LogP contribution >= 0.6 is 0 Å². The van der Waals surface area contributed by atoms with Crippen LogP contribution in [0.5, 0.6) is 6.01 Å². The highest BCUT2D eigenvalue weighted by molar-refractivity contribution is 5.19. The molecule has 2 unspecified atom stereocenters. The van der Waals surface area contributed by atoms with Gasteiger partial charge in [-0.3, -0.25) is 0 Å². The van der Waals surface area contributed by atoms with E-state index < -0.39 is 0 Å². The Bertz CT molecular complexity index is 418. The Hall–Kier alpha value is -1.71. The van der Waals surface area contributed by atoms with Gasteiger partial charge < -0.3 is 14.8 Å². The topological polar surface area (TPSA) is 80.1 Å². The van der Waals surface area contributed by atoms with Crippen LogP contribution in [0.15, 0.2) is 12.3 Å². The number of nitriles is 1. The Balaban J connectivity index is 1.87. The Labute approximate surface area is 99.6 Å². The smallest absolute Gasteiger partial charge is 0.317 e. The molecule has 1 saturated heterocycles. The predicted molar refractivity (Wildman–Crippen MR) is 59.4 cm³/mol. The summed E-state index contributed by atoms with van der Waals surface area (Å²) in [7, 11) is 0. The van der Waals surface area contributed by atoms with E-state index in [1.165, 1.54) is 12.3 Å². The van der Waals surface area contributed by atoms with Crippen LogP contribution in [0.2, 0.25) is 0 Å². The molecule has 1 fully saturated rings. The maximum Gasteiger partial charge on any atom is 0.317 e. The van der Waals surface area contributed by atoms with Gasteiger partial charge in [0.25, 0.3) is 0 Å². The van der Waals surface area contributed by atoms with Gasteiger partial charge in [0.15, 0.2) is 0 Å². The van der Waals surface area contributed by atoms with Gasteiger partial charge in [0.05, 0.1) is 6.10 Å². The van der Waals surface area contributed by atoms with Gasteiger partial charge in [-0.05, 0) is 13.0 Å². The Morgan fingerprint density at radius 1 is 1.65 bits per heavy atom. The molecule has 1 aliphatic heterocycles. The summed E-state index contributed by atoms with van der Waals surface area (Å²) in [6.07, 6.45) is 1.68. The normalized spacial score (nSPS) is 24.0. The lowest BCUT2D eigenvalue weighted by atomic mass is 10.2. The predicted octanol–water partition coefficient (Wildman–Crippen LogP) is 0.104.